The molecule has 1 N–H and O–H groups in total. The standard InChI is InChI=1S/C19H22FNO2/c1-3-16-6-4-5-7-18(16)23-14(2)19(22)21-13-12-15-8-10-17(20)11-9-15/h4-11,14H,3,12-13H2,1-2H3,(H,21,22). The molecular weight excluding hydrogens is 293 g/mol. The molecule has 0 aromatic heterocycles. The first-order valence-electron chi connectivity index (χ1n) is 7.87. The SMILES string of the molecule is CCc1ccccc1OC(C)C(=O)NCCc1ccc(F)cc1. The average Bonchev–Trinajstić information content (AvgIpc) is 2.57. The number of carbonyl (C=O) groups excluding carboxylic acids is 1. The van der Waals surface area contributed by atoms with Gasteiger partial charge in [0.15, 0.2) is 6.10 Å². The summed E-state index contributed by atoms with van der Waals surface area (Å²) in [5.41, 5.74) is 2.06. The van der Waals surface area contributed by atoms with Crippen molar-refractivity contribution in [2.75, 3.05) is 6.54 Å². The number of para-hydroxylation sites is 1. The Morgan fingerprint density at radius 1 is 1.17 bits per heavy atom. The first kappa shape index (κ1) is 17.0. The molecule has 0 saturated heterocycles. The number of benzene rings is 2. The molecule has 4 heteroatoms. The number of rotatable bonds is 7. The number of carbonyl (C=O) groups is 1. The zero-order chi connectivity index (χ0) is 16.7. The fraction of sp³-hybridized carbons (Fsp3) is 0.316. The summed E-state index contributed by atoms with van der Waals surface area (Å²) in [5.74, 6) is 0.337. The Bertz CT molecular complexity index is 640. The third-order valence-electron chi connectivity index (χ3n) is 3.65. The predicted molar refractivity (Wildman–Crippen MR) is 89.0 cm³/mol. The van der Waals surface area contributed by atoms with Gasteiger partial charge in [-0.25, -0.2) is 4.39 Å². The molecule has 0 heterocycles. The largest absolute Gasteiger partial charge is 0.481 e. The molecule has 1 atom stereocenters. The van der Waals surface area contributed by atoms with Crippen LogP contribution >= 0.6 is 0 Å². The fourth-order valence-electron chi connectivity index (χ4n) is 2.28. The van der Waals surface area contributed by atoms with Crippen molar-refractivity contribution in [2.24, 2.45) is 0 Å². The van der Waals surface area contributed by atoms with E-state index >= 15 is 0 Å². The van der Waals surface area contributed by atoms with Gasteiger partial charge in [-0.2, -0.15) is 0 Å². The van der Waals surface area contributed by atoms with Crippen LogP contribution in [-0.2, 0) is 17.6 Å². The lowest BCUT2D eigenvalue weighted by molar-refractivity contribution is -0.127. The Morgan fingerprint density at radius 3 is 2.57 bits per heavy atom. The van der Waals surface area contributed by atoms with Crippen LogP contribution in [0.2, 0.25) is 0 Å². The number of ether oxygens (including phenoxy) is 1. The molecule has 1 amide bonds. The van der Waals surface area contributed by atoms with Crippen LogP contribution in [0.1, 0.15) is 25.0 Å². The number of hydrogen-bond donors (Lipinski definition) is 1. The second-order valence-corrected chi connectivity index (χ2v) is 5.39. The van der Waals surface area contributed by atoms with Crippen LogP contribution in [0.25, 0.3) is 0 Å². The first-order chi connectivity index (χ1) is 11.1. The van der Waals surface area contributed by atoms with E-state index in [9.17, 15) is 9.18 Å². The van der Waals surface area contributed by atoms with Crippen molar-refractivity contribution in [1.82, 2.24) is 5.32 Å². The summed E-state index contributed by atoms with van der Waals surface area (Å²) in [4.78, 5) is 12.1. The monoisotopic (exact) mass is 315 g/mol. The maximum absolute atomic E-state index is 12.8. The van der Waals surface area contributed by atoms with Crippen molar-refractivity contribution in [1.29, 1.82) is 0 Å². The van der Waals surface area contributed by atoms with Gasteiger partial charge in [0, 0.05) is 6.54 Å². The van der Waals surface area contributed by atoms with Crippen molar-refractivity contribution in [2.45, 2.75) is 32.8 Å². The molecule has 122 valence electrons. The number of halogens is 1. The van der Waals surface area contributed by atoms with Crippen LogP contribution < -0.4 is 10.1 Å². The summed E-state index contributed by atoms with van der Waals surface area (Å²) in [6.45, 7) is 4.28. The summed E-state index contributed by atoms with van der Waals surface area (Å²) in [6, 6.07) is 14.0. The zero-order valence-corrected chi connectivity index (χ0v) is 13.5. The van der Waals surface area contributed by atoms with Crippen molar-refractivity contribution in [3.8, 4) is 5.75 Å². The molecule has 0 aliphatic carbocycles. The highest BCUT2D eigenvalue weighted by Crippen LogP contribution is 2.19. The first-order valence-corrected chi connectivity index (χ1v) is 7.87. The third kappa shape index (κ3) is 5.09. The predicted octanol–water partition coefficient (Wildman–Crippen LogP) is 3.51. The summed E-state index contributed by atoms with van der Waals surface area (Å²) in [7, 11) is 0. The van der Waals surface area contributed by atoms with E-state index in [1.807, 2.05) is 24.3 Å². The summed E-state index contributed by atoms with van der Waals surface area (Å²) >= 11 is 0. The molecule has 2 aromatic carbocycles. The lowest BCUT2D eigenvalue weighted by Gasteiger charge is -2.16. The molecule has 0 aliphatic rings. The Labute approximate surface area is 136 Å². The van der Waals surface area contributed by atoms with E-state index in [1.54, 1.807) is 19.1 Å². The molecule has 23 heavy (non-hydrogen) atoms. The molecule has 0 aliphatic heterocycles. The minimum absolute atomic E-state index is 0.155. The zero-order valence-electron chi connectivity index (χ0n) is 13.5. The molecule has 0 radical (unpaired) electrons. The van der Waals surface area contributed by atoms with Gasteiger partial charge in [-0.3, -0.25) is 4.79 Å². The fourth-order valence-corrected chi connectivity index (χ4v) is 2.28. The van der Waals surface area contributed by atoms with Gasteiger partial charge >= 0.3 is 0 Å². The highest BCUT2D eigenvalue weighted by atomic mass is 19.1. The molecular formula is C19H22FNO2. The van der Waals surface area contributed by atoms with E-state index in [-0.39, 0.29) is 11.7 Å². The molecule has 2 aromatic rings. The Morgan fingerprint density at radius 2 is 1.87 bits per heavy atom. The molecule has 1 unspecified atom stereocenters. The second kappa shape index (κ2) is 8.32. The molecule has 0 fully saturated rings. The highest BCUT2D eigenvalue weighted by molar-refractivity contribution is 5.80. The van der Waals surface area contributed by atoms with Crippen LogP contribution in [0.15, 0.2) is 48.5 Å². The van der Waals surface area contributed by atoms with Gasteiger partial charge in [-0.15, -0.1) is 0 Å². The Kier molecular flexibility index (Phi) is 6.15. The lowest BCUT2D eigenvalue weighted by atomic mass is 10.1. The van der Waals surface area contributed by atoms with Crippen molar-refractivity contribution in [3.63, 3.8) is 0 Å². The van der Waals surface area contributed by atoms with Crippen LogP contribution in [-0.4, -0.2) is 18.6 Å². The maximum Gasteiger partial charge on any atom is 0.260 e. The molecule has 0 spiro atoms. The molecule has 2 rings (SSSR count). The van der Waals surface area contributed by atoms with Gasteiger partial charge in [-0.1, -0.05) is 37.3 Å². The average molecular weight is 315 g/mol. The summed E-state index contributed by atoms with van der Waals surface area (Å²) in [6.07, 6.45) is 0.954. The third-order valence-corrected chi connectivity index (χ3v) is 3.65. The van der Waals surface area contributed by atoms with E-state index in [1.165, 1.54) is 12.1 Å². The number of nitrogens with one attached hydrogen (secondary N) is 1. The van der Waals surface area contributed by atoms with E-state index in [4.69, 9.17) is 4.74 Å². The molecule has 0 bridgehead atoms. The smallest absolute Gasteiger partial charge is 0.260 e. The summed E-state index contributed by atoms with van der Waals surface area (Å²) in [5, 5.41) is 2.85. The van der Waals surface area contributed by atoms with Crippen LogP contribution in [0.3, 0.4) is 0 Å². The topological polar surface area (TPSA) is 38.3 Å². The van der Waals surface area contributed by atoms with Crippen LogP contribution in [0, 0.1) is 5.82 Å². The van der Waals surface area contributed by atoms with Gasteiger partial charge < -0.3 is 10.1 Å². The van der Waals surface area contributed by atoms with Crippen LogP contribution in [0.5, 0.6) is 5.75 Å². The van der Waals surface area contributed by atoms with Gasteiger partial charge in [0.25, 0.3) is 5.91 Å². The van der Waals surface area contributed by atoms with Gasteiger partial charge in [0.2, 0.25) is 0 Å². The van der Waals surface area contributed by atoms with Crippen molar-refractivity contribution in [3.05, 3.63) is 65.5 Å². The van der Waals surface area contributed by atoms with Crippen molar-refractivity contribution >= 4 is 5.91 Å². The lowest BCUT2D eigenvalue weighted by Crippen LogP contribution is -2.37. The molecule has 0 saturated carbocycles. The Balaban J connectivity index is 1.81. The maximum atomic E-state index is 12.8. The number of amides is 1. The minimum Gasteiger partial charge on any atom is -0.481 e. The van der Waals surface area contributed by atoms with Gasteiger partial charge in [0.1, 0.15) is 11.6 Å². The highest BCUT2D eigenvalue weighted by Gasteiger charge is 2.15. The molecule has 3 nitrogen and oxygen atoms in total. The second-order valence-electron chi connectivity index (χ2n) is 5.39. The van der Waals surface area contributed by atoms with E-state index < -0.39 is 6.10 Å². The number of hydrogen-bond acceptors (Lipinski definition) is 2. The summed E-state index contributed by atoms with van der Waals surface area (Å²) < 4.78 is 18.6. The normalized spacial score (nSPS) is 11.8. The van der Waals surface area contributed by atoms with E-state index in [0.29, 0.717) is 13.0 Å². The van der Waals surface area contributed by atoms with Crippen LogP contribution in [0.4, 0.5) is 4.39 Å². The van der Waals surface area contributed by atoms with Gasteiger partial charge in [0.05, 0.1) is 0 Å². The Hall–Kier alpha value is -2.36. The van der Waals surface area contributed by atoms with E-state index in [2.05, 4.69) is 12.2 Å². The van der Waals surface area contributed by atoms with Gasteiger partial charge in [-0.05, 0) is 49.1 Å². The minimum atomic E-state index is -0.559. The van der Waals surface area contributed by atoms with E-state index in [0.717, 1.165) is 23.3 Å². The van der Waals surface area contributed by atoms with Crippen molar-refractivity contribution < 1.29 is 13.9 Å². The number of aryl methyl sites for hydroxylation is 1. The quantitative estimate of drug-likeness (QED) is 0.849.